The van der Waals surface area contributed by atoms with E-state index >= 15 is 0 Å². The van der Waals surface area contributed by atoms with E-state index in [4.69, 9.17) is 5.11 Å². The second kappa shape index (κ2) is 6.23. The Labute approximate surface area is 115 Å². The lowest BCUT2D eigenvalue weighted by Crippen LogP contribution is -2.27. The molecule has 1 heterocycles. The van der Waals surface area contributed by atoms with Crippen LogP contribution in [0.15, 0.2) is 12.3 Å². The van der Waals surface area contributed by atoms with Crippen molar-refractivity contribution in [1.29, 1.82) is 0 Å². The molecule has 2 unspecified atom stereocenters. The van der Waals surface area contributed by atoms with E-state index in [9.17, 15) is 9.18 Å². The van der Waals surface area contributed by atoms with Crippen molar-refractivity contribution in [2.75, 3.05) is 11.1 Å². The molecule has 0 spiro atoms. The van der Waals surface area contributed by atoms with Crippen molar-refractivity contribution in [2.45, 2.75) is 37.5 Å². The van der Waals surface area contributed by atoms with E-state index in [0.29, 0.717) is 5.25 Å². The van der Waals surface area contributed by atoms with Gasteiger partial charge in [0.15, 0.2) is 0 Å². The van der Waals surface area contributed by atoms with Crippen molar-refractivity contribution in [3.05, 3.63) is 23.6 Å². The van der Waals surface area contributed by atoms with Crippen molar-refractivity contribution >= 4 is 23.5 Å². The third-order valence-corrected chi connectivity index (χ3v) is 4.57. The van der Waals surface area contributed by atoms with Crippen molar-refractivity contribution in [3.8, 4) is 0 Å². The number of pyridine rings is 1. The molecule has 0 aromatic carbocycles. The summed E-state index contributed by atoms with van der Waals surface area (Å²) >= 11 is 1.87. The van der Waals surface area contributed by atoms with Gasteiger partial charge in [-0.3, -0.25) is 0 Å². The Balaban J connectivity index is 2.16. The van der Waals surface area contributed by atoms with Gasteiger partial charge in [0.25, 0.3) is 0 Å². The molecular formula is C13H17FN2O2S. The average Bonchev–Trinajstić information content (AvgIpc) is 2.79. The van der Waals surface area contributed by atoms with Gasteiger partial charge < -0.3 is 10.4 Å². The molecule has 1 aromatic rings. The summed E-state index contributed by atoms with van der Waals surface area (Å²) in [5.74, 6) is -0.491. The zero-order valence-corrected chi connectivity index (χ0v) is 11.5. The minimum atomic E-state index is -1.16. The lowest BCUT2D eigenvalue weighted by atomic mass is 10.2. The molecule has 19 heavy (non-hydrogen) atoms. The monoisotopic (exact) mass is 284 g/mol. The first-order valence-corrected chi connectivity index (χ1v) is 7.43. The van der Waals surface area contributed by atoms with E-state index in [-0.39, 0.29) is 17.4 Å². The third-order valence-electron chi connectivity index (χ3n) is 3.24. The summed E-state index contributed by atoms with van der Waals surface area (Å²) < 4.78 is 13.1. The average molecular weight is 284 g/mol. The summed E-state index contributed by atoms with van der Waals surface area (Å²) in [5.41, 5.74) is -0.104. The number of rotatable bonds is 5. The predicted molar refractivity (Wildman–Crippen MR) is 74.3 cm³/mol. The first-order chi connectivity index (χ1) is 9.11. The normalized spacial score (nSPS) is 22.4. The molecule has 0 amide bonds. The Morgan fingerprint density at radius 3 is 3.11 bits per heavy atom. The minimum Gasteiger partial charge on any atom is -0.478 e. The summed E-state index contributed by atoms with van der Waals surface area (Å²) in [4.78, 5) is 15.0. The molecule has 0 radical (unpaired) electrons. The highest BCUT2D eigenvalue weighted by molar-refractivity contribution is 7.99. The minimum absolute atomic E-state index is 0.104. The topological polar surface area (TPSA) is 62.2 Å². The number of aromatic carboxylic acids is 1. The van der Waals surface area contributed by atoms with Crippen LogP contribution in [0, 0.1) is 5.82 Å². The van der Waals surface area contributed by atoms with E-state index in [1.54, 1.807) is 0 Å². The van der Waals surface area contributed by atoms with Crippen LogP contribution in [0.1, 0.15) is 36.5 Å². The van der Waals surface area contributed by atoms with Gasteiger partial charge in [-0.25, -0.2) is 14.2 Å². The first-order valence-electron chi connectivity index (χ1n) is 6.38. The second-order valence-electron chi connectivity index (χ2n) is 4.53. The van der Waals surface area contributed by atoms with E-state index in [2.05, 4.69) is 17.2 Å². The number of nitrogens with one attached hydrogen (secondary N) is 1. The number of hydrogen-bond acceptors (Lipinski definition) is 4. The van der Waals surface area contributed by atoms with Crippen molar-refractivity contribution in [2.24, 2.45) is 0 Å². The van der Waals surface area contributed by atoms with E-state index in [1.807, 2.05) is 11.8 Å². The standard InChI is InChI=1S/C13H17FN2O2S/c1-2-19-11-5-3-4-10(11)16-12-9(13(17)18)6-8(14)7-15-12/h6-7,10-11H,2-5H2,1H3,(H,15,16)(H,17,18). The molecule has 2 rings (SSSR count). The zero-order valence-electron chi connectivity index (χ0n) is 10.7. The molecule has 2 atom stereocenters. The Morgan fingerprint density at radius 1 is 1.63 bits per heavy atom. The lowest BCUT2D eigenvalue weighted by Gasteiger charge is -2.21. The fourth-order valence-corrected chi connectivity index (χ4v) is 3.60. The van der Waals surface area contributed by atoms with E-state index in [0.717, 1.165) is 37.3 Å². The number of anilines is 1. The molecule has 4 nitrogen and oxygen atoms in total. The number of carbonyl (C=O) groups is 1. The maximum atomic E-state index is 13.1. The summed E-state index contributed by atoms with van der Waals surface area (Å²) in [7, 11) is 0. The highest BCUT2D eigenvalue weighted by Gasteiger charge is 2.28. The SMILES string of the molecule is CCSC1CCCC1Nc1ncc(F)cc1C(=O)O. The van der Waals surface area contributed by atoms with Crippen LogP contribution >= 0.6 is 11.8 Å². The Kier molecular flexibility index (Phi) is 4.63. The van der Waals surface area contributed by atoms with Gasteiger partial charge in [0.05, 0.1) is 6.20 Å². The van der Waals surface area contributed by atoms with E-state index in [1.165, 1.54) is 0 Å². The van der Waals surface area contributed by atoms with Crippen molar-refractivity contribution < 1.29 is 14.3 Å². The van der Waals surface area contributed by atoms with Gasteiger partial charge in [0.2, 0.25) is 0 Å². The Morgan fingerprint density at radius 2 is 2.42 bits per heavy atom. The Hall–Kier alpha value is -1.30. The van der Waals surface area contributed by atoms with Gasteiger partial charge in [-0.15, -0.1) is 0 Å². The fraction of sp³-hybridized carbons (Fsp3) is 0.538. The highest BCUT2D eigenvalue weighted by Crippen LogP contribution is 2.32. The number of carboxylic acid groups (broad SMARTS) is 1. The lowest BCUT2D eigenvalue weighted by molar-refractivity contribution is 0.0697. The van der Waals surface area contributed by atoms with Gasteiger partial charge in [-0.2, -0.15) is 11.8 Å². The maximum Gasteiger partial charge on any atom is 0.339 e. The van der Waals surface area contributed by atoms with Gasteiger partial charge >= 0.3 is 5.97 Å². The van der Waals surface area contributed by atoms with Crippen molar-refractivity contribution in [1.82, 2.24) is 4.98 Å². The quantitative estimate of drug-likeness (QED) is 0.870. The molecule has 0 bridgehead atoms. The second-order valence-corrected chi connectivity index (χ2v) is 6.05. The van der Waals surface area contributed by atoms with Crippen LogP contribution < -0.4 is 5.32 Å². The molecule has 104 valence electrons. The smallest absolute Gasteiger partial charge is 0.339 e. The number of carboxylic acids is 1. The predicted octanol–water partition coefficient (Wildman–Crippen LogP) is 3.01. The number of halogens is 1. The van der Waals surface area contributed by atoms with Crippen LogP contribution in [0.4, 0.5) is 10.2 Å². The van der Waals surface area contributed by atoms with Gasteiger partial charge in [0, 0.05) is 11.3 Å². The van der Waals surface area contributed by atoms with Gasteiger partial charge in [-0.1, -0.05) is 13.3 Å². The molecule has 0 aliphatic heterocycles. The van der Waals surface area contributed by atoms with Crippen LogP contribution in [0.5, 0.6) is 0 Å². The summed E-state index contributed by atoms with van der Waals surface area (Å²) in [6, 6.07) is 1.22. The third kappa shape index (κ3) is 3.37. The van der Waals surface area contributed by atoms with Gasteiger partial charge in [-0.05, 0) is 24.7 Å². The van der Waals surface area contributed by atoms with Crippen molar-refractivity contribution in [3.63, 3.8) is 0 Å². The van der Waals surface area contributed by atoms with Crippen LogP contribution in [0.2, 0.25) is 0 Å². The summed E-state index contributed by atoms with van der Waals surface area (Å²) in [5, 5.41) is 12.7. The molecule has 1 saturated carbocycles. The Bertz CT molecular complexity index is 470. The molecule has 1 aliphatic carbocycles. The van der Waals surface area contributed by atoms with E-state index < -0.39 is 11.8 Å². The molecule has 0 saturated heterocycles. The van der Waals surface area contributed by atoms with Crippen LogP contribution in [0.25, 0.3) is 0 Å². The zero-order chi connectivity index (χ0) is 13.8. The highest BCUT2D eigenvalue weighted by atomic mass is 32.2. The molecule has 1 aromatic heterocycles. The maximum absolute atomic E-state index is 13.1. The van der Waals surface area contributed by atoms with Crippen LogP contribution in [-0.2, 0) is 0 Å². The molecule has 1 fully saturated rings. The van der Waals surface area contributed by atoms with Gasteiger partial charge in [0.1, 0.15) is 17.2 Å². The van der Waals surface area contributed by atoms with Crippen LogP contribution in [-0.4, -0.2) is 33.1 Å². The number of thioether (sulfide) groups is 1. The first kappa shape index (κ1) is 14.1. The molecule has 1 aliphatic rings. The molecular weight excluding hydrogens is 267 g/mol. The molecule has 2 N–H and O–H groups in total. The largest absolute Gasteiger partial charge is 0.478 e. The number of hydrogen-bond donors (Lipinski definition) is 2. The molecule has 6 heteroatoms. The number of aromatic nitrogens is 1. The van der Waals surface area contributed by atoms with Crippen LogP contribution in [0.3, 0.4) is 0 Å². The summed E-state index contributed by atoms with van der Waals surface area (Å²) in [6.45, 7) is 2.11. The number of nitrogens with zero attached hydrogens (tertiary/aromatic N) is 1. The fourth-order valence-electron chi connectivity index (χ4n) is 2.40. The summed E-state index contributed by atoms with van der Waals surface area (Å²) in [6.07, 6.45) is 4.29.